The molecule has 1 saturated heterocycles. The molecule has 1 atom stereocenters. The number of hydrogen-bond acceptors (Lipinski definition) is 5. The fourth-order valence-corrected chi connectivity index (χ4v) is 2.00. The van der Waals surface area contributed by atoms with Crippen molar-refractivity contribution in [3.63, 3.8) is 0 Å². The van der Waals surface area contributed by atoms with Crippen LogP contribution < -0.4 is 10.6 Å². The quantitative estimate of drug-likeness (QED) is 0.786. The van der Waals surface area contributed by atoms with Crippen LogP contribution in [0.1, 0.15) is 18.9 Å². The van der Waals surface area contributed by atoms with Gasteiger partial charge in [-0.3, -0.25) is 0 Å². The van der Waals surface area contributed by atoms with Gasteiger partial charge in [-0.1, -0.05) is 0 Å². The highest BCUT2D eigenvalue weighted by Crippen LogP contribution is 2.24. The van der Waals surface area contributed by atoms with Crippen LogP contribution in [-0.4, -0.2) is 30.8 Å². The molecule has 0 aliphatic carbocycles. The number of aromatic nitrogens is 1. The van der Waals surface area contributed by atoms with E-state index in [1.165, 1.54) is 0 Å². The Balaban J connectivity index is 2.30. The van der Waals surface area contributed by atoms with Crippen LogP contribution in [0.15, 0.2) is 12.3 Å². The zero-order chi connectivity index (χ0) is 12.3. The molecule has 0 saturated carbocycles. The summed E-state index contributed by atoms with van der Waals surface area (Å²) in [6.07, 6.45) is 2.73. The first-order valence-electron chi connectivity index (χ1n) is 5.73. The summed E-state index contributed by atoms with van der Waals surface area (Å²) in [5, 5.41) is 8.95. The minimum absolute atomic E-state index is 0.157. The first kappa shape index (κ1) is 11.7. The normalized spacial score (nSPS) is 20.7. The average Bonchev–Trinajstić information content (AvgIpc) is 2.54. The molecule has 1 aliphatic rings. The van der Waals surface area contributed by atoms with Gasteiger partial charge >= 0.3 is 0 Å². The second-order valence-corrected chi connectivity index (χ2v) is 4.19. The lowest BCUT2D eigenvalue weighted by Crippen LogP contribution is -2.31. The Morgan fingerprint density at radius 1 is 1.65 bits per heavy atom. The summed E-state index contributed by atoms with van der Waals surface area (Å²) in [5.41, 5.74) is 6.90. The monoisotopic (exact) mass is 232 g/mol. The average molecular weight is 232 g/mol. The summed E-state index contributed by atoms with van der Waals surface area (Å²) in [5.74, 6) is 0.696. The van der Waals surface area contributed by atoms with Gasteiger partial charge in [0, 0.05) is 25.9 Å². The van der Waals surface area contributed by atoms with Crippen molar-refractivity contribution in [2.24, 2.45) is 0 Å². The largest absolute Gasteiger partial charge is 0.395 e. The highest BCUT2D eigenvalue weighted by Gasteiger charge is 2.19. The SMILES string of the molecule is CC1CN(c2nccc(C#N)c2N)CCCO1. The molecule has 0 amide bonds. The molecular weight excluding hydrogens is 216 g/mol. The van der Waals surface area contributed by atoms with Gasteiger partial charge < -0.3 is 15.4 Å². The van der Waals surface area contributed by atoms with E-state index in [4.69, 9.17) is 15.7 Å². The lowest BCUT2D eigenvalue weighted by Gasteiger charge is -2.24. The molecule has 0 radical (unpaired) electrons. The number of nitrogen functional groups attached to an aromatic ring is 1. The number of nitriles is 1. The van der Waals surface area contributed by atoms with Crippen molar-refractivity contribution in [3.05, 3.63) is 17.8 Å². The van der Waals surface area contributed by atoms with Crippen LogP contribution >= 0.6 is 0 Å². The van der Waals surface area contributed by atoms with Crippen molar-refractivity contribution < 1.29 is 4.74 Å². The third-order valence-corrected chi connectivity index (χ3v) is 2.84. The maximum Gasteiger partial charge on any atom is 0.153 e. The number of hydrogen-bond donors (Lipinski definition) is 1. The Labute approximate surface area is 101 Å². The molecule has 2 N–H and O–H groups in total. The number of ether oxygens (including phenoxy) is 1. The summed E-state index contributed by atoms with van der Waals surface area (Å²) in [7, 11) is 0. The van der Waals surface area contributed by atoms with Crippen LogP contribution in [0.25, 0.3) is 0 Å². The van der Waals surface area contributed by atoms with E-state index in [9.17, 15) is 0 Å². The lowest BCUT2D eigenvalue weighted by molar-refractivity contribution is 0.0820. The molecule has 2 rings (SSSR count). The van der Waals surface area contributed by atoms with Crippen LogP contribution in [0.4, 0.5) is 11.5 Å². The summed E-state index contributed by atoms with van der Waals surface area (Å²) >= 11 is 0. The molecule has 1 aromatic heterocycles. The number of anilines is 2. The molecule has 0 aromatic carbocycles. The maximum absolute atomic E-state index is 8.95. The molecule has 1 fully saturated rings. The van der Waals surface area contributed by atoms with Crippen LogP contribution in [0, 0.1) is 11.3 Å². The summed E-state index contributed by atoms with van der Waals surface area (Å²) in [4.78, 5) is 6.37. The molecule has 5 heteroatoms. The summed E-state index contributed by atoms with van der Waals surface area (Å²) in [6, 6.07) is 3.71. The van der Waals surface area contributed by atoms with E-state index in [1.54, 1.807) is 12.3 Å². The Kier molecular flexibility index (Phi) is 3.45. The molecular formula is C12H16N4O. The number of nitrogens with two attached hydrogens (primary N) is 1. The number of rotatable bonds is 1. The van der Waals surface area contributed by atoms with Gasteiger partial charge in [0.1, 0.15) is 6.07 Å². The maximum atomic E-state index is 8.95. The van der Waals surface area contributed by atoms with Crippen molar-refractivity contribution in [2.75, 3.05) is 30.3 Å². The summed E-state index contributed by atoms with van der Waals surface area (Å²) in [6.45, 7) is 4.40. The zero-order valence-electron chi connectivity index (χ0n) is 9.89. The Morgan fingerprint density at radius 2 is 2.47 bits per heavy atom. The molecule has 0 bridgehead atoms. The zero-order valence-corrected chi connectivity index (χ0v) is 9.89. The van der Waals surface area contributed by atoms with Gasteiger partial charge in [-0.2, -0.15) is 5.26 Å². The van der Waals surface area contributed by atoms with Gasteiger partial charge in [-0.25, -0.2) is 4.98 Å². The van der Waals surface area contributed by atoms with E-state index in [1.807, 2.05) is 6.92 Å². The van der Waals surface area contributed by atoms with Gasteiger partial charge in [0.2, 0.25) is 0 Å². The Hall–Kier alpha value is -1.80. The second-order valence-electron chi connectivity index (χ2n) is 4.19. The van der Waals surface area contributed by atoms with Crippen molar-refractivity contribution in [1.82, 2.24) is 4.98 Å². The molecule has 5 nitrogen and oxygen atoms in total. The first-order chi connectivity index (χ1) is 8.22. The van der Waals surface area contributed by atoms with Gasteiger partial charge in [-0.05, 0) is 19.4 Å². The summed E-state index contributed by atoms with van der Waals surface area (Å²) < 4.78 is 5.58. The topological polar surface area (TPSA) is 75.2 Å². The predicted octanol–water partition coefficient (Wildman–Crippen LogP) is 1.15. The molecule has 17 heavy (non-hydrogen) atoms. The van der Waals surface area contributed by atoms with Gasteiger partial charge in [0.05, 0.1) is 17.4 Å². The van der Waals surface area contributed by atoms with Gasteiger partial charge in [0.15, 0.2) is 5.82 Å². The van der Waals surface area contributed by atoms with Crippen molar-refractivity contribution in [1.29, 1.82) is 5.26 Å². The second kappa shape index (κ2) is 5.02. The third kappa shape index (κ3) is 2.48. The van der Waals surface area contributed by atoms with Gasteiger partial charge in [0.25, 0.3) is 0 Å². The standard InChI is InChI=1S/C12H16N4O/c1-9-8-16(5-2-6-17-9)12-11(14)10(7-13)3-4-15-12/h3-4,9H,2,5-6,8,14H2,1H3. The van der Waals surface area contributed by atoms with Gasteiger partial charge in [-0.15, -0.1) is 0 Å². The van der Waals surface area contributed by atoms with E-state index >= 15 is 0 Å². The van der Waals surface area contributed by atoms with Crippen molar-refractivity contribution in [2.45, 2.75) is 19.4 Å². The minimum atomic E-state index is 0.157. The van der Waals surface area contributed by atoms with Crippen molar-refractivity contribution in [3.8, 4) is 6.07 Å². The first-order valence-corrected chi connectivity index (χ1v) is 5.73. The smallest absolute Gasteiger partial charge is 0.153 e. The molecule has 1 aromatic rings. The molecule has 90 valence electrons. The minimum Gasteiger partial charge on any atom is -0.395 e. The Morgan fingerprint density at radius 3 is 3.24 bits per heavy atom. The van der Waals surface area contributed by atoms with Crippen molar-refractivity contribution >= 4 is 11.5 Å². The molecule has 1 aliphatic heterocycles. The predicted molar refractivity (Wildman–Crippen MR) is 65.6 cm³/mol. The lowest BCUT2D eigenvalue weighted by atomic mass is 10.2. The van der Waals surface area contributed by atoms with E-state index in [2.05, 4.69) is 16.0 Å². The highest BCUT2D eigenvalue weighted by molar-refractivity contribution is 5.70. The fourth-order valence-electron chi connectivity index (χ4n) is 2.00. The van der Waals surface area contributed by atoms with Crippen LogP contribution in [0.2, 0.25) is 0 Å². The van der Waals surface area contributed by atoms with Crippen LogP contribution in [-0.2, 0) is 4.74 Å². The molecule has 1 unspecified atom stereocenters. The third-order valence-electron chi connectivity index (χ3n) is 2.84. The van der Waals surface area contributed by atoms with Crippen LogP contribution in [0.3, 0.4) is 0 Å². The van der Waals surface area contributed by atoms with E-state index < -0.39 is 0 Å². The molecule has 2 heterocycles. The van der Waals surface area contributed by atoms with E-state index in [-0.39, 0.29) is 6.10 Å². The number of nitrogens with zero attached hydrogens (tertiary/aromatic N) is 3. The van der Waals surface area contributed by atoms with E-state index in [0.717, 1.165) is 26.1 Å². The highest BCUT2D eigenvalue weighted by atomic mass is 16.5. The fraction of sp³-hybridized carbons (Fsp3) is 0.500. The van der Waals surface area contributed by atoms with Crippen LogP contribution in [0.5, 0.6) is 0 Å². The molecule has 0 spiro atoms. The Bertz CT molecular complexity index is 441. The number of pyridine rings is 1. The van der Waals surface area contributed by atoms with E-state index in [0.29, 0.717) is 17.1 Å².